The first-order valence-electron chi connectivity index (χ1n) is 6.22. The molecule has 0 unspecified atom stereocenters. The van der Waals surface area contributed by atoms with Gasteiger partial charge in [0, 0.05) is 17.7 Å². The highest BCUT2D eigenvalue weighted by Gasteiger charge is 2.11. The molecule has 2 aromatic rings. The summed E-state index contributed by atoms with van der Waals surface area (Å²) in [7, 11) is 0. The second kappa shape index (κ2) is 5.75. The monoisotopic (exact) mass is 260 g/mol. The van der Waals surface area contributed by atoms with Crippen LogP contribution >= 0.6 is 0 Å². The number of nitrogens with one attached hydrogen (secondary N) is 1. The van der Waals surface area contributed by atoms with E-state index in [9.17, 15) is 4.39 Å². The largest absolute Gasteiger partial charge is 0.308 e. The van der Waals surface area contributed by atoms with Gasteiger partial charge in [-0.05, 0) is 25.0 Å². The van der Waals surface area contributed by atoms with E-state index < -0.39 is 0 Å². The Morgan fingerprint density at radius 3 is 2.63 bits per heavy atom. The van der Waals surface area contributed by atoms with Gasteiger partial charge in [-0.1, -0.05) is 25.1 Å². The van der Waals surface area contributed by atoms with Crippen LogP contribution < -0.4 is 11.3 Å². The van der Waals surface area contributed by atoms with Crippen molar-refractivity contribution >= 4 is 5.82 Å². The van der Waals surface area contributed by atoms with E-state index >= 15 is 0 Å². The minimum absolute atomic E-state index is 0.244. The van der Waals surface area contributed by atoms with Gasteiger partial charge in [0.2, 0.25) is 0 Å². The molecule has 3 N–H and O–H groups in total. The first-order chi connectivity index (χ1) is 9.15. The third-order valence-electron chi connectivity index (χ3n) is 3.07. The van der Waals surface area contributed by atoms with Crippen LogP contribution in [0.15, 0.2) is 24.3 Å². The van der Waals surface area contributed by atoms with Crippen molar-refractivity contribution < 1.29 is 4.39 Å². The fourth-order valence-corrected chi connectivity index (χ4v) is 1.99. The summed E-state index contributed by atoms with van der Waals surface area (Å²) in [6, 6.07) is 6.64. The van der Waals surface area contributed by atoms with E-state index in [1.165, 1.54) is 6.07 Å². The molecule has 100 valence electrons. The summed E-state index contributed by atoms with van der Waals surface area (Å²) in [4.78, 5) is 8.78. The quantitative estimate of drug-likeness (QED) is 0.654. The summed E-state index contributed by atoms with van der Waals surface area (Å²) in [5.74, 6) is 6.37. The molecule has 0 aliphatic heterocycles. The molecule has 0 bridgehead atoms. The highest BCUT2D eigenvalue weighted by molar-refractivity contribution is 5.45. The van der Waals surface area contributed by atoms with E-state index in [1.54, 1.807) is 18.2 Å². The average Bonchev–Trinajstić information content (AvgIpc) is 2.43. The van der Waals surface area contributed by atoms with Crippen molar-refractivity contribution in [3.8, 4) is 0 Å². The Labute approximate surface area is 111 Å². The van der Waals surface area contributed by atoms with E-state index in [0.29, 0.717) is 23.6 Å². The van der Waals surface area contributed by atoms with Crippen LogP contribution in [0.2, 0.25) is 0 Å². The molecule has 1 aromatic heterocycles. The fraction of sp³-hybridized carbons (Fsp3) is 0.286. The second-order valence-electron chi connectivity index (χ2n) is 4.33. The molecule has 1 heterocycles. The zero-order valence-corrected chi connectivity index (χ0v) is 11.1. The Balaban J connectivity index is 2.38. The van der Waals surface area contributed by atoms with E-state index in [4.69, 9.17) is 5.84 Å². The number of anilines is 1. The van der Waals surface area contributed by atoms with Crippen molar-refractivity contribution in [2.24, 2.45) is 5.84 Å². The van der Waals surface area contributed by atoms with Crippen molar-refractivity contribution in [2.75, 3.05) is 5.43 Å². The van der Waals surface area contributed by atoms with E-state index in [2.05, 4.69) is 15.4 Å². The summed E-state index contributed by atoms with van der Waals surface area (Å²) in [5, 5.41) is 0. The van der Waals surface area contributed by atoms with Gasteiger partial charge in [-0.15, -0.1) is 0 Å². The number of aryl methyl sites for hydroxylation is 1. The number of hydrogen-bond acceptors (Lipinski definition) is 4. The maximum atomic E-state index is 13.6. The van der Waals surface area contributed by atoms with Crippen LogP contribution in [0.4, 0.5) is 10.2 Å². The Bertz CT molecular complexity index is 558. The Kier molecular flexibility index (Phi) is 4.06. The molecule has 0 aliphatic rings. The number of benzene rings is 1. The molecule has 0 saturated carbocycles. The number of nitrogens with zero attached hydrogens (tertiary/aromatic N) is 2. The first-order valence-corrected chi connectivity index (χ1v) is 6.22. The minimum Gasteiger partial charge on any atom is -0.308 e. The summed E-state index contributed by atoms with van der Waals surface area (Å²) in [6.07, 6.45) is 1.14. The van der Waals surface area contributed by atoms with Crippen LogP contribution in [0.1, 0.15) is 29.6 Å². The number of hydrazine groups is 1. The number of hydrogen-bond donors (Lipinski definition) is 2. The molecule has 0 radical (unpaired) electrons. The van der Waals surface area contributed by atoms with Gasteiger partial charge in [0.1, 0.15) is 17.5 Å². The van der Waals surface area contributed by atoms with Gasteiger partial charge in [0.05, 0.1) is 0 Å². The maximum absolute atomic E-state index is 13.6. The Morgan fingerprint density at radius 2 is 2.00 bits per heavy atom. The van der Waals surface area contributed by atoms with Crippen molar-refractivity contribution in [1.82, 2.24) is 9.97 Å². The van der Waals surface area contributed by atoms with E-state index in [-0.39, 0.29) is 5.82 Å². The van der Waals surface area contributed by atoms with Gasteiger partial charge in [0.15, 0.2) is 0 Å². The van der Waals surface area contributed by atoms with E-state index in [1.807, 2.05) is 13.8 Å². The fourth-order valence-electron chi connectivity index (χ4n) is 1.99. The lowest BCUT2D eigenvalue weighted by atomic mass is 10.1. The molecular formula is C14H17FN4. The summed E-state index contributed by atoms with van der Waals surface area (Å²) in [6.45, 7) is 3.93. The number of nitrogens with two attached hydrogens (primary N) is 1. The van der Waals surface area contributed by atoms with Gasteiger partial charge < -0.3 is 5.43 Å². The molecule has 0 aliphatic carbocycles. The summed E-state index contributed by atoms with van der Waals surface area (Å²) >= 11 is 0. The number of nitrogen functional groups attached to an aromatic ring is 1. The maximum Gasteiger partial charge on any atom is 0.146 e. The molecule has 0 amide bonds. The molecule has 5 heteroatoms. The van der Waals surface area contributed by atoms with Crippen LogP contribution in [0, 0.1) is 12.7 Å². The van der Waals surface area contributed by atoms with Crippen LogP contribution in [0.25, 0.3) is 0 Å². The predicted octanol–water partition coefficient (Wildman–Crippen LogP) is 2.36. The van der Waals surface area contributed by atoms with Gasteiger partial charge in [-0.25, -0.2) is 20.2 Å². The summed E-state index contributed by atoms with van der Waals surface area (Å²) < 4.78 is 13.6. The number of halogens is 1. The topological polar surface area (TPSA) is 63.8 Å². The highest BCUT2D eigenvalue weighted by atomic mass is 19.1. The van der Waals surface area contributed by atoms with Crippen molar-refractivity contribution in [2.45, 2.75) is 26.7 Å². The third kappa shape index (κ3) is 2.88. The molecule has 0 saturated heterocycles. The molecule has 0 fully saturated rings. The normalized spacial score (nSPS) is 10.5. The van der Waals surface area contributed by atoms with E-state index in [0.717, 1.165) is 17.7 Å². The lowest BCUT2D eigenvalue weighted by molar-refractivity contribution is 0.612. The molecule has 19 heavy (non-hydrogen) atoms. The lowest BCUT2D eigenvalue weighted by Gasteiger charge is -2.11. The lowest BCUT2D eigenvalue weighted by Crippen LogP contribution is -2.14. The number of aromatic nitrogens is 2. The smallest absolute Gasteiger partial charge is 0.146 e. The standard InChI is InChI=1S/C14H17FN4/c1-3-12-9(2)14(19-16)18-13(17-12)8-10-6-4-5-7-11(10)15/h4-7H,3,8,16H2,1-2H3,(H,17,18,19). The predicted molar refractivity (Wildman–Crippen MR) is 73.2 cm³/mol. The highest BCUT2D eigenvalue weighted by Crippen LogP contribution is 2.17. The van der Waals surface area contributed by atoms with Crippen molar-refractivity contribution in [3.63, 3.8) is 0 Å². The van der Waals surface area contributed by atoms with Crippen molar-refractivity contribution in [1.29, 1.82) is 0 Å². The molecule has 4 nitrogen and oxygen atoms in total. The molecule has 0 atom stereocenters. The Morgan fingerprint density at radius 1 is 1.26 bits per heavy atom. The molecular weight excluding hydrogens is 243 g/mol. The van der Waals surface area contributed by atoms with Crippen LogP contribution in [-0.4, -0.2) is 9.97 Å². The third-order valence-corrected chi connectivity index (χ3v) is 3.07. The zero-order chi connectivity index (χ0) is 13.8. The molecule has 1 aromatic carbocycles. The second-order valence-corrected chi connectivity index (χ2v) is 4.33. The van der Waals surface area contributed by atoms with Gasteiger partial charge >= 0.3 is 0 Å². The zero-order valence-electron chi connectivity index (χ0n) is 11.1. The molecule has 2 rings (SSSR count). The molecule has 0 spiro atoms. The van der Waals surface area contributed by atoms with Crippen molar-refractivity contribution in [3.05, 3.63) is 52.7 Å². The van der Waals surface area contributed by atoms with Gasteiger partial charge in [-0.2, -0.15) is 0 Å². The first kappa shape index (κ1) is 13.4. The van der Waals surface area contributed by atoms with Crippen LogP contribution in [0.3, 0.4) is 0 Å². The summed E-state index contributed by atoms with van der Waals surface area (Å²) in [5.41, 5.74) is 5.00. The Hall–Kier alpha value is -2.01. The SMILES string of the molecule is CCc1nc(Cc2ccccc2F)nc(NN)c1C. The minimum atomic E-state index is -0.244. The van der Waals surface area contributed by atoms with Gasteiger partial charge in [0.25, 0.3) is 0 Å². The van der Waals surface area contributed by atoms with Crippen LogP contribution in [0.5, 0.6) is 0 Å². The van der Waals surface area contributed by atoms with Crippen LogP contribution in [-0.2, 0) is 12.8 Å². The average molecular weight is 260 g/mol. The van der Waals surface area contributed by atoms with Gasteiger partial charge in [-0.3, -0.25) is 0 Å². The number of rotatable bonds is 4.